The molecule has 3 nitrogen and oxygen atoms in total. The minimum atomic E-state index is 0.114. The van der Waals surface area contributed by atoms with Crippen LogP contribution in [0.25, 0.3) is 0 Å². The van der Waals surface area contributed by atoms with Crippen molar-refractivity contribution >= 4 is 11.6 Å². The number of amides is 1. The van der Waals surface area contributed by atoms with Crippen LogP contribution in [0.15, 0.2) is 18.2 Å². The summed E-state index contributed by atoms with van der Waals surface area (Å²) in [5.74, 6) is 0.114. The third-order valence-electron chi connectivity index (χ3n) is 3.26. The maximum Gasteiger partial charge on any atom is 0.254 e. The lowest BCUT2D eigenvalue weighted by atomic mass is 10.1. The molecule has 0 spiro atoms. The zero-order valence-electron chi connectivity index (χ0n) is 12.8. The van der Waals surface area contributed by atoms with E-state index < -0.39 is 0 Å². The van der Waals surface area contributed by atoms with Crippen LogP contribution in [-0.4, -0.2) is 29.9 Å². The third-order valence-corrected chi connectivity index (χ3v) is 3.26. The van der Waals surface area contributed by atoms with Crippen molar-refractivity contribution in [3.8, 4) is 0 Å². The fraction of sp³-hybridized carbons (Fsp3) is 0.562. The smallest absolute Gasteiger partial charge is 0.254 e. The van der Waals surface area contributed by atoms with Crippen molar-refractivity contribution in [2.75, 3.05) is 18.4 Å². The first-order valence-electron chi connectivity index (χ1n) is 7.16. The van der Waals surface area contributed by atoms with Gasteiger partial charge in [-0.15, -0.1) is 0 Å². The molecule has 1 aromatic carbocycles. The number of rotatable bonds is 6. The number of benzene rings is 1. The molecule has 1 aromatic rings. The predicted molar refractivity (Wildman–Crippen MR) is 81.8 cm³/mol. The van der Waals surface area contributed by atoms with Gasteiger partial charge in [-0.25, -0.2) is 0 Å². The monoisotopic (exact) mass is 262 g/mol. The standard InChI is InChI=1S/C16H26N2O/c1-6-10-17-15-9-8-14(11-13(15)5)16(19)18(7-2)12(3)4/h8-9,11-12,17H,6-7,10H2,1-5H3. The molecule has 0 fully saturated rings. The van der Waals surface area contributed by atoms with E-state index in [1.165, 1.54) is 0 Å². The van der Waals surface area contributed by atoms with Crippen molar-refractivity contribution in [1.82, 2.24) is 4.90 Å². The number of nitrogens with zero attached hydrogens (tertiary/aromatic N) is 1. The molecule has 0 aromatic heterocycles. The molecule has 106 valence electrons. The summed E-state index contributed by atoms with van der Waals surface area (Å²) in [6, 6.07) is 6.13. The van der Waals surface area contributed by atoms with Gasteiger partial charge in [0, 0.05) is 30.4 Å². The summed E-state index contributed by atoms with van der Waals surface area (Å²) in [6.45, 7) is 12.0. The van der Waals surface area contributed by atoms with Crippen LogP contribution >= 0.6 is 0 Å². The molecule has 0 saturated carbocycles. The molecule has 0 unspecified atom stereocenters. The number of nitrogens with one attached hydrogen (secondary N) is 1. The molecular weight excluding hydrogens is 236 g/mol. The highest BCUT2D eigenvalue weighted by Gasteiger charge is 2.17. The van der Waals surface area contributed by atoms with Gasteiger partial charge in [0.15, 0.2) is 0 Å². The Morgan fingerprint density at radius 3 is 2.47 bits per heavy atom. The van der Waals surface area contributed by atoms with E-state index in [2.05, 4.69) is 12.2 Å². The Hall–Kier alpha value is -1.51. The molecule has 1 amide bonds. The van der Waals surface area contributed by atoms with Gasteiger partial charge >= 0.3 is 0 Å². The number of hydrogen-bond donors (Lipinski definition) is 1. The molecule has 1 N–H and O–H groups in total. The number of carbonyl (C=O) groups excluding carboxylic acids is 1. The highest BCUT2D eigenvalue weighted by Crippen LogP contribution is 2.18. The molecule has 0 bridgehead atoms. The van der Waals surface area contributed by atoms with E-state index in [1.54, 1.807) is 0 Å². The maximum absolute atomic E-state index is 12.4. The van der Waals surface area contributed by atoms with Crippen LogP contribution in [-0.2, 0) is 0 Å². The number of carbonyl (C=O) groups is 1. The second kappa shape index (κ2) is 7.17. The Labute approximate surface area is 117 Å². The normalized spacial score (nSPS) is 10.6. The van der Waals surface area contributed by atoms with Crippen molar-refractivity contribution in [3.63, 3.8) is 0 Å². The first-order valence-corrected chi connectivity index (χ1v) is 7.16. The Balaban J connectivity index is 2.90. The molecule has 0 heterocycles. The number of aryl methyl sites for hydroxylation is 1. The van der Waals surface area contributed by atoms with Crippen LogP contribution in [0.4, 0.5) is 5.69 Å². The average Bonchev–Trinajstić information content (AvgIpc) is 2.37. The van der Waals surface area contributed by atoms with E-state index in [9.17, 15) is 4.79 Å². The Morgan fingerprint density at radius 1 is 1.32 bits per heavy atom. The fourth-order valence-corrected chi connectivity index (χ4v) is 2.16. The molecule has 0 aliphatic carbocycles. The zero-order valence-corrected chi connectivity index (χ0v) is 12.8. The summed E-state index contributed by atoms with van der Waals surface area (Å²) in [5, 5.41) is 3.37. The SMILES string of the molecule is CCCNc1ccc(C(=O)N(CC)C(C)C)cc1C. The van der Waals surface area contributed by atoms with E-state index in [0.29, 0.717) is 0 Å². The van der Waals surface area contributed by atoms with Crippen LogP contribution in [0.3, 0.4) is 0 Å². The van der Waals surface area contributed by atoms with Gasteiger partial charge < -0.3 is 10.2 Å². The summed E-state index contributed by atoms with van der Waals surface area (Å²) in [4.78, 5) is 14.3. The summed E-state index contributed by atoms with van der Waals surface area (Å²) < 4.78 is 0. The quantitative estimate of drug-likeness (QED) is 0.848. The highest BCUT2D eigenvalue weighted by molar-refractivity contribution is 5.95. The van der Waals surface area contributed by atoms with Crippen LogP contribution in [0.5, 0.6) is 0 Å². The van der Waals surface area contributed by atoms with Gasteiger partial charge in [0.25, 0.3) is 5.91 Å². The Kier molecular flexibility index (Phi) is 5.87. The van der Waals surface area contributed by atoms with Crippen molar-refractivity contribution in [1.29, 1.82) is 0 Å². The van der Waals surface area contributed by atoms with Crippen LogP contribution < -0.4 is 5.32 Å². The lowest BCUT2D eigenvalue weighted by Gasteiger charge is -2.25. The van der Waals surface area contributed by atoms with Crippen LogP contribution in [0, 0.1) is 6.92 Å². The van der Waals surface area contributed by atoms with Gasteiger partial charge in [-0.2, -0.15) is 0 Å². The van der Waals surface area contributed by atoms with Crippen molar-refractivity contribution in [2.24, 2.45) is 0 Å². The van der Waals surface area contributed by atoms with Gasteiger partial charge in [-0.05, 0) is 57.9 Å². The minimum Gasteiger partial charge on any atom is -0.385 e. The largest absolute Gasteiger partial charge is 0.385 e. The second-order valence-corrected chi connectivity index (χ2v) is 5.14. The zero-order chi connectivity index (χ0) is 14.4. The summed E-state index contributed by atoms with van der Waals surface area (Å²) in [6.07, 6.45) is 1.09. The van der Waals surface area contributed by atoms with Gasteiger partial charge in [0.2, 0.25) is 0 Å². The first kappa shape index (κ1) is 15.5. The highest BCUT2D eigenvalue weighted by atomic mass is 16.2. The average molecular weight is 262 g/mol. The fourth-order valence-electron chi connectivity index (χ4n) is 2.16. The summed E-state index contributed by atoms with van der Waals surface area (Å²) in [5.41, 5.74) is 3.01. The molecule has 0 saturated heterocycles. The molecular formula is C16H26N2O. The molecule has 1 rings (SSSR count). The first-order chi connectivity index (χ1) is 9.01. The van der Waals surface area contributed by atoms with Crippen molar-refractivity contribution < 1.29 is 4.79 Å². The van der Waals surface area contributed by atoms with Gasteiger partial charge in [0.1, 0.15) is 0 Å². The van der Waals surface area contributed by atoms with Crippen LogP contribution in [0.2, 0.25) is 0 Å². The minimum absolute atomic E-state index is 0.114. The lowest BCUT2D eigenvalue weighted by Crippen LogP contribution is -2.36. The molecule has 0 aliphatic rings. The molecule has 0 atom stereocenters. The number of hydrogen-bond acceptors (Lipinski definition) is 2. The Morgan fingerprint density at radius 2 is 2.00 bits per heavy atom. The third kappa shape index (κ3) is 3.98. The van der Waals surface area contributed by atoms with E-state index in [-0.39, 0.29) is 11.9 Å². The van der Waals surface area contributed by atoms with E-state index in [0.717, 1.165) is 36.3 Å². The molecule has 19 heavy (non-hydrogen) atoms. The Bertz CT molecular complexity index is 427. The number of anilines is 1. The maximum atomic E-state index is 12.4. The molecule has 3 heteroatoms. The van der Waals surface area contributed by atoms with Crippen LogP contribution in [0.1, 0.15) is 50.0 Å². The second-order valence-electron chi connectivity index (χ2n) is 5.14. The molecule has 0 radical (unpaired) electrons. The summed E-state index contributed by atoms with van der Waals surface area (Å²) in [7, 11) is 0. The lowest BCUT2D eigenvalue weighted by molar-refractivity contribution is 0.0717. The van der Waals surface area contributed by atoms with E-state index >= 15 is 0 Å². The van der Waals surface area contributed by atoms with Crippen molar-refractivity contribution in [2.45, 2.75) is 47.1 Å². The van der Waals surface area contributed by atoms with E-state index in [4.69, 9.17) is 0 Å². The predicted octanol–water partition coefficient (Wildman–Crippen LogP) is 3.69. The molecule has 0 aliphatic heterocycles. The van der Waals surface area contributed by atoms with Crippen molar-refractivity contribution in [3.05, 3.63) is 29.3 Å². The summed E-state index contributed by atoms with van der Waals surface area (Å²) >= 11 is 0. The van der Waals surface area contributed by atoms with Gasteiger partial charge in [-0.3, -0.25) is 4.79 Å². The van der Waals surface area contributed by atoms with E-state index in [1.807, 2.05) is 50.8 Å². The van der Waals surface area contributed by atoms with Gasteiger partial charge in [0.05, 0.1) is 0 Å². The van der Waals surface area contributed by atoms with Gasteiger partial charge in [-0.1, -0.05) is 6.92 Å². The topological polar surface area (TPSA) is 32.3 Å².